The Morgan fingerprint density at radius 1 is 1.24 bits per heavy atom. The number of rotatable bonds is 7. The number of nitrogens with two attached hydrogens (primary N) is 1. The van der Waals surface area contributed by atoms with Crippen molar-refractivity contribution in [1.82, 2.24) is 0 Å². The van der Waals surface area contributed by atoms with Gasteiger partial charge in [-0.15, -0.1) is 0 Å². The Bertz CT molecular complexity index is 319. The van der Waals surface area contributed by atoms with Crippen LogP contribution in [0.2, 0.25) is 0 Å². The van der Waals surface area contributed by atoms with E-state index in [4.69, 9.17) is 15.2 Å². The lowest BCUT2D eigenvalue weighted by Crippen LogP contribution is -2.40. The summed E-state index contributed by atoms with van der Waals surface area (Å²) in [4.78, 5) is 0. The van der Waals surface area contributed by atoms with Gasteiger partial charge in [0.15, 0.2) is 0 Å². The quantitative estimate of drug-likeness (QED) is 0.740. The van der Waals surface area contributed by atoms with Gasteiger partial charge >= 0.3 is 0 Å². The Labute approximate surface area is 104 Å². The average Bonchev–Trinajstić information content (AvgIpc) is 2.35. The van der Waals surface area contributed by atoms with E-state index >= 15 is 0 Å². The molecular formula is C14H23NO2. The first-order valence-corrected chi connectivity index (χ1v) is 6.07. The molecule has 0 bridgehead atoms. The van der Waals surface area contributed by atoms with Crippen molar-refractivity contribution in [2.75, 3.05) is 20.3 Å². The third-order valence-electron chi connectivity index (χ3n) is 2.93. The molecule has 0 amide bonds. The maximum absolute atomic E-state index is 5.99. The summed E-state index contributed by atoms with van der Waals surface area (Å²) in [7, 11) is 1.67. The van der Waals surface area contributed by atoms with Crippen LogP contribution >= 0.6 is 0 Å². The van der Waals surface area contributed by atoms with Crippen LogP contribution in [0.5, 0.6) is 5.75 Å². The first-order valence-electron chi connectivity index (χ1n) is 6.07. The number of methoxy groups -OCH3 is 1. The van der Waals surface area contributed by atoms with Crippen molar-refractivity contribution < 1.29 is 9.47 Å². The monoisotopic (exact) mass is 237 g/mol. The van der Waals surface area contributed by atoms with Crippen molar-refractivity contribution >= 4 is 0 Å². The van der Waals surface area contributed by atoms with Gasteiger partial charge in [0.05, 0.1) is 20.3 Å². The molecule has 1 aromatic rings. The molecule has 0 spiro atoms. The second-order valence-electron chi connectivity index (χ2n) is 4.66. The van der Waals surface area contributed by atoms with Crippen molar-refractivity contribution in [2.45, 2.75) is 32.2 Å². The van der Waals surface area contributed by atoms with Crippen LogP contribution in [-0.4, -0.2) is 25.9 Å². The molecule has 1 rings (SSSR count). The normalized spacial score (nSPS) is 14.4. The number of hydrogen-bond donors (Lipinski definition) is 1. The van der Waals surface area contributed by atoms with E-state index in [1.54, 1.807) is 7.11 Å². The Morgan fingerprint density at radius 3 is 2.41 bits per heavy atom. The highest BCUT2D eigenvalue weighted by Crippen LogP contribution is 2.12. The third-order valence-corrected chi connectivity index (χ3v) is 2.93. The van der Waals surface area contributed by atoms with Gasteiger partial charge < -0.3 is 15.2 Å². The summed E-state index contributed by atoms with van der Waals surface area (Å²) in [5, 5.41) is 0. The zero-order valence-electron chi connectivity index (χ0n) is 11.0. The predicted molar refractivity (Wildman–Crippen MR) is 70.4 cm³/mol. The van der Waals surface area contributed by atoms with Gasteiger partial charge in [-0.3, -0.25) is 0 Å². The van der Waals surface area contributed by atoms with E-state index in [0.717, 1.165) is 18.6 Å². The second kappa shape index (κ2) is 6.62. The van der Waals surface area contributed by atoms with Crippen LogP contribution in [0.4, 0.5) is 0 Å². The minimum absolute atomic E-state index is 0.208. The Morgan fingerprint density at radius 2 is 1.88 bits per heavy atom. The molecule has 1 unspecified atom stereocenters. The van der Waals surface area contributed by atoms with E-state index in [1.165, 1.54) is 5.56 Å². The molecule has 2 N–H and O–H groups in total. The largest absolute Gasteiger partial charge is 0.497 e. The van der Waals surface area contributed by atoms with E-state index in [0.29, 0.717) is 13.2 Å². The van der Waals surface area contributed by atoms with Crippen LogP contribution in [0.25, 0.3) is 0 Å². The molecule has 0 radical (unpaired) electrons. The van der Waals surface area contributed by atoms with Crippen molar-refractivity contribution in [3.63, 3.8) is 0 Å². The highest BCUT2D eigenvalue weighted by molar-refractivity contribution is 5.27. The fraction of sp³-hybridized carbons (Fsp3) is 0.571. The van der Waals surface area contributed by atoms with Crippen LogP contribution in [0.3, 0.4) is 0 Å². The summed E-state index contributed by atoms with van der Waals surface area (Å²) < 4.78 is 10.7. The average molecular weight is 237 g/mol. The minimum atomic E-state index is -0.208. The van der Waals surface area contributed by atoms with Crippen LogP contribution in [0.1, 0.15) is 25.8 Å². The molecule has 0 fully saturated rings. The molecule has 0 aliphatic carbocycles. The second-order valence-corrected chi connectivity index (χ2v) is 4.66. The number of ether oxygens (including phenoxy) is 2. The molecule has 1 atom stereocenters. The molecule has 0 saturated carbocycles. The van der Waals surface area contributed by atoms with Crippen molar-refractivity contribution in [3.8, 4) is 5.75 Å². The smallest absolute Gasteiger partial charge is 0.118 e. The van der Waals surface area contributed by atoms with Crippen LogP contribution in [0, 0.1) is 0 Å². The van der Waals surface area contributed by atoms with E-state index in [-0.39, 0.29) is 5.54 Å². The SMILES string of the molecule is CCC(C)(N)COCCc1ccc(OC)cc1. The van der Waals surface area contributed by atoms with Gasteiger partial charge in [-0.2, -0.15) is 0 Å². The van der Waals surface area contributed by atoms with Gasteiger partial charge in [0.25, 0.3) is 0 Å². The molecule has 1 aromatic carbocycles. The summed E-state index contributed by atoms with van der Waals surface area (Å²) >= 11 is 0. The van der Waals surface area contributed by atoms with Crippen LogP contribution in [0.15, 0.2) is 24.3 Å². The van der Waals surface area contributed by atoms with Gasteiger partial charge in [0.1, 0.15) is 5.75 Å². The Kier molecular flexibility index (Phi) is 5.45. The highest BCUT2D eigenvalue weighted by atomic mass is 16.5. The first kappa shape index (κ1) is 14.0. The lowest BCUT2D eigenvalue weighted by molar-refractivity contribution is 0.0918. The van der Waals surface area contributed by atoms with E-state index < -0.39 is 0 Å². The van der Waals surface area contributed by atoms with E-state index in [1.807, 2.05) is 19.1 Å². The summed E-state index contributed by atoms with van der Waals surface area (Å²) in [6, 6.07) is 8.05. The zero-order valence-corrected chi connectivity index (χ0v) is 11.0. The molecule has 0 aliphatic rings. The number of benzene rings is 1. The maximum atomic E-state index is 5.99. The molecule has 0 saturated heterocycles. The third kappa shape index (κ3) is 5.20. The molecule has 0 heterocycles. The van der Waals surface area contributed by atoms with Crippen LogP contribution < -0.4 is 10.5 Å². The summed E-state index contributed by atoms with van der Waals surface area (Å²) in [5.41, 5.74) is 7.03. The van der Waals surface area contributed by atoms with Crippen molar-refractivity contribution in [2.24, 2.45) is 5.73 Å². The van der Waals surface area contributed by atoms with Gasteiger partial charge in [0, 0.05) is 5.54 Å². The fourth-order valence-electron chi connectivity index (χ4n) is 1.39. The standard InChI is InChI=1S/C14H23NO2/c1-4-14(2,15)11-17-10-9-12-5-7-13(16-3)8-6-12/h5-8H,4,9-11,15H2,1-3H3. The van der Waals surface area contributed by atoms with Crippen molar-refractivity contribution in [1.29, 1.82) is 0 Å². The Hall–Kier alpha value is -1.06. The van der Waals surface area contributed by atoms with E-state index in [2.05, 4.69) is 19.1 Å². The lowest BCUT2D eigenvalue weighted by Gasteiger charge is -2.22. The highest BCUT2D eigenvalue weighted by Gasteiger charge is 2.14. The topological polar surface area (TPSA) is 44.5 Å². The molecule has 0 aliphatic heterocycles. The summed E-state index contributed by atoms with van der Waals surface area (Å²) in [6.07, 6.45) is 1.83. The predicted octanol–water partition coefficient (Wildman–Crippen LogP) is 2.38. The van der Waals surface area contributed by atoms with Crippen LogP contribution in [-0.2, 0) is 11.2 Å². The minimum Gasteiger partial charge on any atom is -0.497 e. The summed E-state index contributed by atoms with van der Waals surface area (Å²) in [5.74, 6) is 0.884. The molecule has 96 valence electrons. The zero-order chi connectivity index (χ0) is 12.7. The van der Waals surface area contributed by atoms with Gasteiger partial charge in [-0.1, -0.05) is 19.1 Å². The molecule has 0 aromatic heterocycles. The van der Waals surface area contributed by atoms with Gasteiger partial charge in [0.2, 0.25) is 0 Å². The molecule has 3 nitrogen and oxygen atoms in total. The first-order chi connectivity index (χ1) is 8.07. The van der Waals surface area contributed by atoms with Crippen molar-refractivity contribution in [3.05, 3.63) is 29.8 Å². The Balaban J connectivity index is 2.26. The molecule has 17 heavy (non-hydrogen) atoms. The maximum Gasteiger partial charge on any atom is 0.118 e. The molecule has 3 heteroatoms. The van der Waals surface area contributed by atoms with Gasteiger partial charge in [-0.05, 0) is 37.5 Å². The number of hydrogen-bond acceptors (Lipinski definition) is 3. The van der Waals surface area contributed by atoms with Gasteiger partial charge in [-0.25, -0.2) is 0 Å². The van der Waals surface area contributed by atoms with E-state index in [9.17, 15) is 0 Å². The fourth-order valence-corrected chi connectivity index (χ4v) is 1.39. The summed E-state index contributed by atoms with van der Waals surface area (Å²) in [6.45, 7) is 5.41. The lowest BCUT2D eigenvalue weighted by atomic mass is 10.0. The molecular weight excluding hydrogens is 214 g/mol.